The van der Waals surface area contributed by atoms with Crippen molar-refractivity contribution in [3.8, 4) is 6.07 Å². The molecule has 0 aromatic heterocycles. The molecule has 1 rings (SSSR count). The minimum absolute atomic E-state index is 0.701. The summed E-state index contributed by atoms with van der Waals surface area (Å²) in [6, 6.07) is 11.0. The molecule has 0 saturated heterocycles. The molecule has 0 unspecified atom stereocenters. The normalized spacial score (nSPS) is 10.8. The predicted octanol–water partition coefficient (Wildman–Crippen LogP) is 5.60. The second kappa shape index (κ2) is 11.3. The summed E-state index contributed by atoms with van der Waals surface area (Å²) in [5.41, 5.74) is 1.83. The van der Waals surface area contributed by atoms with Crippen molar-refractivity contribution in [2.75, 3.05) is 0 Å². The molecule has 107 valence electrons. The smallest absolute Gasteiger partial charge is 0.100 e. The van der Waals surface area contributed by atoms with Crippen molar-refractivity contribution in [2.24, 2.45) is 0 Å². The van der Waals surface area contributed by atoms with Gasteiger partial charge in [-0.3, -0.25) is 0 Å². The second-order valence-corrected chi connectivity index (χ2v) is 5.25. The monoisotopic (exact) mass is 268 g/mol. The third-order valence-corrected chi connectivity index (χ3v) is 3.51. The molecule has 0 fully saturated rings. The number of nitriles is 1. The van der Waals surface area contributed by atoms with Crippen molar-refractivity contribution >= 4 is 0 Å². The zero-order valence-corrected chi connectivity index (χ0v) is 12.7. The molecule has 1 heteroatoms. The molecular formula is C19H26N. The van der Waals surface area contributed by atoms with E-state index in [9.17, 15) is 0 Å². The van der Waals surface area contributed by atoms with Crippen LogP contribution in [-0.2, 0) is 6.42 Å². The van der Waals surface area contributed by atoms with Gasteiger partial charge in [0.15, 0.2) is 0 Å². The Morgan fingerprint density at radius 1 is 1.10 bits per heavy atom. The molecule has 0 atom stereocenters. The van der Waals surface area contributed by atoms with E-state index in [4.69, 9.17) is 5.26 Å². The van der Waals surface area contributed by atoms with Crippen LogP contribution in [0.25, 0.3) is 0 Å². The first-order valence-corrected chi connectivity index (χ1v) is 7.93. The first-order chi connectivity index (χ1) is 9.88. The Kier molecular flexibility index (Phi) is 9.32. The van der Waals surface area contributed by atoms with Crippen molar-refractivity contribution in [3.63, 3.8) is 0 Å². The molecule has 0 amide bonds. The van der Waals surface area contributed by atoms with E-state index >= 15 is 0 Å². The number of hydrogen-bond acceptors (Lipinski definition) is 1. The van der Waals surface area contributed by atoms with E-state index in [0.717, 1.165) is 24.8 Å². The lowest BCUT2D eigenvalue weighted by Crippen LogP contribution is -1.89. The standard InChI is InChI=1S/C19H26N/c1-2-3-4-5-6-7-8-9-10-11-14-18-15-12-13-16-19(18)17-20/h8-9,12-13,15H,2-7,10-11,14H2,1H3. The highest BCUT2D eigenvalue weighted by atomic mass is 14.2. The van der Waals surface area contributed by atoms with E-state index in [1.54, 1.807) is 6.07 Å². The average Bonchev–Trinajstić information content (AvgIpc) is 2.49. The summed E-state index contributed by atoms with van der Waals surface area (Å²) in [7, 11) is 0. The van der Waals surface area contributed by atoms with E-state index in [1.165, 1.54) is 38.5 Å². The Morgan fingerprint density at radius 2 is 1.85 bits per heavy atom. The van der Waals surface area contributed by atoms with Gasteiger partial charge in [0.05, 0.1) is 5.56 Å². The van der Waals surface area contributed by atoms with Gasteiger partial charge in [-0.25, -0.2) is 0 Å². The van der Waals surface area contributed by atoms with Crippen LogP contribution in [0.4, 0.5) is 0 Å². The highest BCUT2D eigenvalue weighted by Crippen LogP contribution is 2.11. The minimum Gasteiger partial charge on any atom is -0.192 e. The lowest BCUT2D eigenvalue weighted by Gasteiger charge is -2.01. The van der Waals surface area contributed by atoms with Gasteiger partial charge in [-0.1, -0.05) is 63.0 Å². The van der Waals surface area contributed by atoms with Crippen LogP contribution in [0, 0.1) is 17.4 Å². The Balaban J connectivity index is 2.08. The first kappa shape index (κ1) is 16.5. The molecular weight excluding hydrogens is 242 g/mol. The number of aryl methyl sites for hydroxylation is 1. The van der Waals surface area contributed by atoms with Crippen LogP contribution < -0.4 is 0 Å². The number of rotatable bonds is 10. The van der Waals surface area contributed by atoms with E-state index in [2.05, 4.69) is 31.2 Å². The summed E-state index contributed by atoms with van der Waals surface area (Å²) in [6.45, 7) is 2.25. The first-order valence-electron chi connectivity index (χ1n) is 7.93. The fraction of sp³-hybridized carbons (Fsp3) is 0.526. The van der Waals surface area contributed by atoms with Crippen LogP contribution in [0.3, 0.4) is 0 Å². The Labute approximate surface area is 124 Å². The van der Waals surface area contributed by atoms with Crippen molar-refractivity contribution in [3.05, 3.63) is 47.5 Å². The highest BCUT2D eigenvalue weighted by molar-refractivity contribution is 5.36. The lowest BCUT2D eigenvalue weighted by atomic mass is 10.0. The summed E-state index contributed by atoms with van der Waals surface area (Å²) in [4.78, 5) is 0. The number of benzene rings is 1. The molecule has 0 bridgehead atoms. The van der Waals surface area contributed by atoms with Gasteiger partial charge in [0.25, 0.3) is 0 Å². The van der Waals surface area contributed by atoms with Gasteiger partial charge >= 0.3 is 0 Å². The van der Waals surface area contributed by atoms with Gasteiger partial charge in [-0.15, -0.1) is 0 Å². The van der Waals surface area contributed by atoms with Crippen LogP contribution in [-0.4, -0.2) is 0 Å². The predicted molar refractivity (Wildman–Crippen MR) is 85.4 cm³/mol. The molecule has 0 saturated carbocycles. The molecule has 1 nitrogen and oxygen atoms in total. The van der Waals surface area contributed by atoms with Gasteiger partial charge in [0, 0.05) is 6.07 Å². The Bertz CT molecular complexity index is 426. The number of unbranched alkanes of at least 4 members (excludes halogenated alkanes) is 6. The average molecular weight is 268 g/mol. The fourth-order valence-electron chi connectivity index (χ4n) is 2.30. The molecule has 0 heterocycles. The van der Waals surface area contributed by atoms with Crippen LogP contribution in [0.5, 0.6) is 0 Å². The third-order valence-electron chi connectivity index (χ3n) is 3.51. The summed E-state index contributed by atoms with van der Waals surface area (Å²) in [5.74, 6) is 0. The molecule has 0 N–H and O–H groups in total. The van der Waals surface area contributed by atoms with Crippen molar-refractivity contribution < 1.29 is 0 Å². The van der Waals surface area contributed by atoms with Crippen LogP contribution in [0.2, 0.25) is 0 Å². The molecule has 1 radical (unpaired) electrons. The fourth-order valence-corrected chi connectivity index (χ4v) is 2.30. The van der Waals surface area contributed by atoms with E-state index in [-0.39, 0.29) is 0 Å². The molecule has 1 aromatic rings. The third kappa shape index (κ3) is 7.14. The molecule has 0 spiro atoms. The zero-order chi connectivity index (χ0) is 14.5. The Hall–Kier alpha value is -1.55. The van der Waals surface area contributed by atoms with Crippen LogP contribution in [0.1, 0.15) is 69.4 Å². The van der Waals surface area contributed by atoms with Crippen molar-refractivity contribution in [2.45, 2.75) is 64.7 Å². The number of allylic oxidation sites excluding steroid dienone is 2. The highest BCUT2D eigenvalue weighted by Gasteiger charge is 1.99. The molecule has 0 aliphatic heterocycles. The second-order valence-electron chi connectivity index (χ2n) is 5.25. The van der Waals surface area contributed by atoms with E-state index in [1.807, 2.05) is 12.1 Å². The van der Waals surface area contributed by atoms with Crippen molar-refractivity contribution in [1.82, 2.24) is 0 Å². The van der Waals surface area contributed by atoms with Gasteiger partial charge in [0.1, 0.15) is 6.07 Å². The van der Waals surface area contributed by atoms with E-state index < -0.39 is 0 Å². The van der Waals surface area contributed by atoms with Crippen LogP contribution >= 0.6 is 0 Å². The SMILES string of the molecule is CCCCCCCC=CCCCc1ccc[c]c1C#N. The maximum atomic E-state index is 8.98. The van der Waals surface area contributed by atoms with Crippen LogP contribution in [0.15, 0.2) is 30.4 Å². The van der Waals surface area contributed by atoms with Gasteiger partial charge < -0.3 is 0 Å². The summed E-state index contributed by atoms with van der Waals surface area (Å²) in [6.07, 6.45) is 15.8. The molecule has 1 aromatic carbocycles. The zero-order valence-electron chi connectivity index (χ0n) is 12.7. The quantitative estimate of drug-likeness (QED) is 0.400. The largest absolute Gasteiger partial charge is 0.192 e. The molecule has 0 aliphatic rings. The van der Waals surface area contributed by atoms with Gasteiger partial charge in [-0.2, -0.15) is 5.26 Å². The summed E-state index contributed by atoms with van der Waals surface area (Å²) in [5, 5.41) is 8.98. The lowest BCUT2D eigenvalue weighted by molar-refractivity contribution is 0.637. The summed E-state index contributed by atoms with van der Waals surface area (Å²) >= 11 is 0. The number of nitrogens with zero attached hydrogens (tertiary/aromatic N) is 1. The Morgan fingerprint density at radius 3 is 2.60 bits per heavy atom. The van der Waals surface area contributed by atoms with Gasteiger partial charge in [0.2, 0.25) is 0 Å². The topological polar surface area (TPSA) is 23.8 Å². The minimum atomic E-state index is 0.701. The van der Waals surface area contributed by atoms with E-state index in [0.29, 0.717) is 5.56 Å². The maximum Gasteiger partial charge on any atom is 0.100 e. The molecule has 0 aliphatic carbocycles. The summed E-state index contributed by atoms with van der Waals surface area (Å²) < 4.78 is 0. The maximum absolute atomic E-state index is 8.98. The number of hydrogen-bond donors (Lipinski definition) is 0. The van der Waals surface area contributed by atoms with Gasteiger partial charge in [-0.05, 0) is 37.7 Å². The van der Waals surface area contributed by atoms with Crippen molar-refractivity contribution in [1.29, 1.82) is 5.26 Å². The molecule has 20 heavy (non-hydrogen) atoms.